The normalized spacial score (nSPS) is 12.8. The number of benzene rings is 1. The lowest BCUT2D eigenvalue weighted by Gasteiger charge is -2.17. The minimum absolute atomic E-state index is 0.205. The molecule has 39 heavy (non-hydrogen) atoms. The summed E-state index contributed by atoms with van der Waals surface area (Å²) in [6, 6.07) is 7.16. The molecule has 3 rings (SSSR count). The fraction of sp³-hybridized carbons (Fsp3) is 0.385. The zero-order valence-electron chi connectivity index (χ0n) is 22.2. The van der Waals surface area contributed by atoms with Crippen LogP contribution in [0.4, 0.5) is 23.7 Å². The van der Waals surface area contributed by atoms with Gasteiger partial charge in [0.2, 0.25) is 4.80 Å². The van der Waals surface area contributed by atoms with E-state index in [9.17, 15) is 27.9 Å². The molecule has 1 N–H and O–H groups in total. The Labute approximate surface area is 227 Å². The monoisotopic (exact) mass is 562 g/mol. The van der Waals surface area contributed by atoms with Crippen LogP contribution in [0.15, 0.2) is 46.5 Å². The van der Waals surface area contributed by atoms with Crippen molar-refractivity contribution in [1.82, 2.24) is 14.8 Å². The molecule has 1 aromatic carbocycles. The molecule has 2 aromatic heterocycles. The minimum Gasteiger partial charge on any atom is -0.463 e. The van der Waals surface area contributed by atoms with E-state index in [-0.39, 0.29) is 15.9 Å². The van der Waals surface area contributed by atoms with E-state index in [2.05, 4.69) is 20.2 Å². The van der Waals surface area contributed by atoms with E-state index < -0.39 is 29.3 Å². The number of carboxylic acid groups (broad SMARTS) is 1. The Balaban J connectivity index is 2.17. The van der Waals surface area contributed by atoms with Gasteiger partial charge in [-0.15, -0.1) is 0 Å². The molecule has 9 nitrogen and oxygen atoms in total. The summed E-state index contributed by atoms with van der Waals surface area (Å²) in [6.07, 6.45) is -3.65. The number of halogens is 3. The second-order valence-corrected chi connectivity index (χ2v) is 10.7. The summed E-state index contributed by atoms with van der Waals surface area (Å²) >= 11 is 1.15. The van der Waals surface area contributed by atoms with Crippen LogP contribution in [0.1, 0.15) is 72.9 Å². The van der Waals surface area contributed by atoms with Gasteiger partial charge in [0, 0.05) is 17.7 Å². The van der Waals surface area contributed by atoms with Crippen molar-refractivity contribution in [3.05, 3.63) is 68.7 Å². The van der Waals surface area contributed by atoms with Crippen LogP contribution < -0.4 is 9.81 Å². The van der Waals surface area contributed by atoms with Crippen LogP contribution in [0.5, 0.6) is 0 Å². The number of nitrogens with zero attached hydrogens (tertiary/aromatic N) is 6. The van der Waals surface area contributed by atoms with Gasteiger partial charge in [0.25, 0.3) is 5.91 Å². The van der Waals surface area contributed by atoms with E-state index >= 15 is 0 Å². The predicted molar refractivity (Wildman–Crippen MR) is 142 cm³/mol. The summed E-state index contributed by atoms with van der Waals surface area (Å²) in [4.78, 5) is 34.0. The van der Waals surface area contributed by atoms with Gasteiger partial charge < -0.3 is 5.11 Å². The van der Waals surface area contributed by atoms with Crippen molar-refractivity contribution in [2.24, 2.45) is 10.1 Å². The van der Waals surface area contributed by atoms with E-state index in [0.717, 1.165) is 36.5 Å². The van der Waals surface area contributed by atoms with Crippen LogP contribution >= 0.6 is 11.3 Å². The number of hydrogen-bond acceptors (Lipinski definition) is 6. The number of anilines is 1. The molecule has 0 atom stereocenters. The van der Waals surface area contributed by atoms with Gasteiger partial charge in [0.1, 0.15) is 5.01 Å². The Morgan fingerprint density at radius 1 is 1.18 bits per heavy atom. The van der Waals surface area contributed by atoms with Crippen LogP contribution in [0.3, 0.4) is 0 Å². The number of aryl methyl sites for hydroxylation is 2. The number of amides is 2. The highest BCUT2D eigenvalue weighted by Gasteiger charge is 2.33. The quantitative estimate of drug-likeness (QED) is 0.279. The fourth-order valence-corrected chi connectivity index (χ4v) is 4.32. The first-order valence-corrected chi connectivity index (χ1v) is 12.9. The van der Waals surface area contributed by atoms with Gasteiger partial charge in [0.05, 0.1) is 28.7 Å². The summed E-state index contributed by atoms with van der Waals surface area (Å²) in [7, 11) is 0. The molecule has 13 heteroatoms. The molecule has 0 aliphatic carbocycles. The van der Waals surface area contributed by atoms with Crippen LogP contribution in [0.2, 0.25) is 0 Å². The highest BCUT2D eigenvalue weighted by molar-refractivity contribution is 7.09. The maximum atomic E-state index is 13.6. The number of aromatic nitrogens is 3. The molecule has 0 aliphatic rings. The average Bonchev–Trinajstić information content (AvgIpc) is 3.25. The first-order chi connectivity index (χ1) is 18.2. The van der Waals surface area contributed by atoms with Crippen molar-refractivity contribution in [1.29, 1.82) is 0 Å². The third-order valence-corrected chi connectivity index (χ3v) is 6.73. The Hall–Kier alpha value is -3.87. The van der Waals surface area contributed by atoms with Crippen molar-refractivity contribution in [3.63, 3.8) is 0 Å². The van der Waals surface area contributed by atoms with E-state index in [1.807, 2.05) is 27.7 Å². The van der Waals surface area contributed by atoms with E-state index in [4.69, 9.17) is 0 Å². The third kappa shape index (κ3) is 7.59. The standard InChI is InChI=1S/C26H29F3N6O3S/c1-6-7-13-34-23(39-22(33-34)25(3,4)5)32-21(36)19-14-17(26(27,28)29)11-12-20(19)35(24(37)38)30-15-18-10-8-9-16(2)31-18/h8-12,14-15H,6-7,13H2,1-5H3,(H,37,38)/b30-15+,32-23?. The lowest BCUT2D eigenvalue weighted by atomic mass is 9.98. The second kappa shape index (κ2) is 11.9. The fourth-order valence-electron chi connectivity index (χ4n) is 3.33. The van der Waals surface area contributed by atoms with Crippen molar-refractivity contribution < 1.29 is 27.9 Å². The van der Waals surface area contributed by atoms with E-state index in [0.29, 0.717) is 40.1 Å². The highest BCUT2D eigenvalue weighted by atomic mass is 32.1. The second-order valence-electron chi connectivity index (χ2n) is 9.71. The number of hydrogen-bond donors (Lipinski definition) is 1. The molecule has 3 aromatic rings. The Kier molecular flexibility index (Phi) is 9.05. The summed E-state index contributed by atoms with van der Waals surface area (Å²) in [6.45, 7) is 10.0. The molecule has 0 aliphatic heterocycles. The molecule has 0 saturated heterocycles. The maximum Gasteiger partial charge on any atom is 0.432 e. The Morgan fingerprint density at radius 3 is 2.49 bits per heavy atom. The highest BCUT2D eigenvalue weighted by Crippen LogP contribution is 2.33. The Morgan fingerprint density at radius 2 is 1.90 bits per heavy atom. The number of unbranched alkanes of at least 4 members (excludes halogenated alkanes) is 1. The molecular weight excluding hydrogens is 533 g/mol. The van der Waals surface area contributed by atoms with Crippen molar-refractivity contribution in [3.8, 4) is 0 Å². The number of rotatable bonds is 7. The summed E-state index contributed by atoms with van der Waals surface area (Å²) in [5.74, 6) is -1.06. The van der Waals surface area contributed by atoms with Gasteiger partial charge in [-0.3, -0.25) is 9.78 Å². The number of pyridine rings is 1. The summed E-state index contributed by atoms with van der Waals surface area (Å²) < 4.78 is 42.3. The minimum atomic E-state index is -4.78. The van der Waals surface area contributed by atoms with Crippen molar-refractivity contribution >= 4 is 35.2 Å². The molecule has 0 unspecified atom stereocenters. The number of alkyl halides is 3. The van der Waals surface area contributed by atoms with E-state index in [1.165, 1.54) is 0 Å². The third-order valence-electron chi connectivity index (χ3n) is 5.36. The first-order valence-electron chi connectivity index (χ1n) is 12.1. The number of carbonyl (C=O) groups is 2. The average molecular weight is 563 g/mol. The van der Waals surface area contributed by atoms with Gasteiger partial charge in [-0.25, -0.2) is 9.48 Å². The van der Waals surface area contributed by atoms with Crippen molar-refractivity contribution in [2.75, 3.05) is 5.01 Å². The topological polar surface area (TPSA) is 113 Å². The molecule has 0 spiro atoms. The van der Waals surface area contributed by atoms with Crippen LogP contribution in [-0.2, 0) is 18.1 Å². The van der Waals surface area contributed by atoms with Gasteiger partial charge in [-0.05, 0) is 43.7 Å². The van der Waals surface area contributed by atoms with Crippen LogP contribution in [0, 0.1) is 6.92 Å². The van der Waals surface area contributed by atoms with Crippen LogP contribution in [-0.4, -0.2) is 38.1 Å². The molecule has 208 valence electrons. The largest absolute Gasteiger partial charge is 0.463 e. The maximum absolute atomic E-state index is 13.6. The Bertz CT molecular complexity index is 1450. The van der Waals surface area contributed by atoms with Crippen LogP contribution in [0.25, 0.3) is 0 Å². The molecular formula is C26H29F3N6O3S. The number of carbonyl (C=O) groups excluding carboxylic acids is 1. The van der Waals surface area contributed by atoms with Crippen molar-refractivity contribution in [2.45, 2.75) is 65.6 Å². The molecule has 0 bridgehead atoms. The summed E-state index contributed by atoms with van der Waals surface area (Å²) in [5, 5.41) is 19.4. The molecule has 0 radical (unpaired) electrons. The van der Waals surface area contributed by atoms with Gasteiger partial charge in [-0.2, -0.15) is 33.4 Å². The van der Waals surface area contributed by atoms with Gasteiger partial charge >= 0.3 is 12.3 Å². The predicted octanol–water partition coefficient (Wildman–Crippen LogP) is 6.02. The first kappa shape index (κ1) is 29.7. The SMILES string of the molecule is CCCCn1nc(C(C)(C)C)sc1=NC(=O)c1cc(C(F)(F)F)ccc1N(/N=C/c1cccc(C)n1)C(=O)O. The lowest BCUT2D eigenvalue weighted by Crippen LogP contribution is -2.26. The lowest BCUT2D eigenvalue weighted by molar-refractivity contribution is -0.137. The molecule has 0 saturated carbocycles. The zero-order chi connectivity index (χ0) is 29.0. The zero-order valence-corrected chi connectivity index (χ0v) is 23.0. The number of hydrazone groups is 1. The van der Waals surface area contributed by atoms with E-state index in [1.54, 1.807) is 29.8 Å². The summed E-state index contributed by atoms with van der Waals surface area (Å²) in [5.41, 5.74) is -1.46. The van der Waals surface area contributed by atoms with Gasteiger partial charge in [0.15, 0.2) is 0 Å². The molecule has 2 heterocycles. The molecule has 0 fully saturated rings. The van der Waals surface area contributed by atoms with Gasteiger partial charge in [-0.1, -0.05) is 51.5 Å². The molecule has 2 amide bonds. The smallest absolute Gasteiger partial charge is 0.432 e.